The summed E-state index contributed by atoms with van der Waals surface area (Å²) in [7, 11) is -4.41. The number of piperidine rings is 1. The second kappa shape index (κ2) is 9.86. The molecule has 3 heterocycles. The van der Waals surface area contributed by atoms with Gasteiger partial charge < -0.3 is 10.0 Å². The van der Waals surface area contributed by atoms with E-state index in [1.807, 2.05) is 0 Å². The molecule has 1 aliphatic rings. The van der Waals surface area contributed by atoms with Crippen molar-refractivity contribution in [3.63, 3.8) is 0 Å². The summed E-state index contributed by atoms with van der Waals surface area (Å²) in [5.41, 5.74) is -2.62. The maximum atomic E-state index is 13.9. The number of pyridine rings is 2. The van der Waals surface area contributed by atoms with Crippen LogP contribution in [0.1, 0.15) is 30.9 Å². The van der Waals surface area contributed by atoms with Crippen LogP contribution in [0.2, 0.25) is 0 Å². The summed E-state index contributed by atoms with van der Waals surface area (Å²) in [4.78, 5) is 21.4. The number of benzene rings is 1. The van der Waals surface area contributed by atoms with Crippen molar-refractivity contribution in [2.45, 2.75) is 37.9 Å². The van der Waals surface area contributed by atoms with Crippen molar-refractivity contribution in [2.24, 2.45) is 5.41 Å². The van der Waals surface area contributed by atoms with E-state index in [4.69, 9.17) is 0 Å². The average molecular weight is 553 g/mol. The Morgan fingerprint density at radius 2 is 1.87 bits per heavy atom. The lowest BCUT2D eigenvalue weighted by molar-refractivity contribution is -0.148. The van der Waals surface area contributed by atoms with Crippen LogP contribution in [-0.2, 0) is 21.0 Å². The number of nitrogens with one attached hydrogen (secondary N) is 1. The number of hydrogen-bond donors (Lipinski definition) is 2. The maximum absolute atomic E-state index is 13.9. The molecule has 38 heavy (non-hydrogen) atoms. The van der Waals surface area contributed by atoms with Gasteiger partial charge >= 0.3 is 12.1 Å². The molecule has 202 valence electrons. The molecule has 0 radical (unpaired) electrons. The number of halogens is 4. The number of aryl methyl sites for hydroxylation is 1. The molecule has 0 saturated carbocycles. The summed E-state index contributed by atoms with van der Waals surface area (Å²) in [6.45, 7) is 3.70. The molecule has 4 rings (SSSR count). The average Bonchev–Trinajstić information content (AvgIpc) is 2.84. The van der Waals surface area contributed by atoms with Gasteiger partial charge in [-0.05, 0) is 68.7 Å². The van der Waals surface area contributed by atoms with Crippen LogP contribution >= 0.6 is 0 Å². The minimum absolute atomic E-state index is 0.128. The Kier molecular flexibility index (Phi) is 7.08. The number of nitrogens with zero attached hydrogens (tertiary/aromatic N) is 3. The Morgan fingerprint density at radius 3 is 2.55 bits per heavy atom. The lowest BCUT2D eigenvalue weighted by atomic mass is 9.82. The van der Waals surface area contributed by atoms with Gasteiger partial charge in [0.1, 0.15) is 17.5 Å². The molecule has 2 aromatic heterocycles. The van der Waals surface area contributed by atoms with Gasteiger partial charge in [-0.15, -0.1) is 0 Å². The SMILES string of the molecule is Cc1ccc(F)cc1-c1nc(NS(=O)(=O)c2cccc(N3CCC[C@](C)(C(=O)O)C3)n2)ccc1C(F)(F)F. The van der Waals surface area contributed by atoms with Crippen LogP contribution < -0.4 is 9.62 Å². The summed E-state index contributed by atoms with van der Waals surface area (Å²) >= 11 is 0. The summed E-state index contributed by atoms with van der Waals surface area (Å²) in [6, 6.07) is 9.03. The van der Waals surface area contributed by atoms with E-state index in [1.165, 1.54) is 25.1 Å². The first-order chi connectivity index (χ1) is 17.7. The number of carboxylic acid groups (broad SMARTS) is 1. The summed E-state index contributed by atoms with van der Waals surface area (Å²) in [5, 5.41) is 9.14. The molecule has 1 atom stereocenters. The highest BCUT2D eigenvalue weighted by Crippen LogP contribution is 2.38. The molecule has 0 unspecified atom stereocenters. The molecule has 0 bridgehead atoms. The van der Waals surface area contributed by atoms with Crippen LogP contribution in [0.4, 0.5) is 29.2 Å². The Labute approximate surface area is 216 Å². The summed E-state index contributed by atoms with van der Waals surface area (Å²) < 4.78 is 83.4. The molecule has 1 aromatic carbocycles. The zero-order valence-corrected chi connectivity index (χ0v) is 21.2. The number of aromatic nitrogens is 2. The van der Waals surface area contributed by atoms with Gasteiger partial charge in [0, 0.05) is 18.7 Å². The summed E-state index contributed by atoms with van der Waals surface area (Å²) in [6.07, 6.45) is -3.80. The molecule has 1 fully saturated rings. The lowest BCUT2D eigenvalue weighted by Gasteiger charge is -2.38. The van der Waals surface area contributed by atoms with E-state index in [-0.39, 0.29) is 17.9 Å². The number of carboxylic acids is 1. The number of rotatable bonds is 6. The first kappa shape index (κ1) is 27.3. The van der Waals surface area contributed by atoms with E-state index < -0.39 is 55.5 Å². The Balaban J connectivity index is 1.68. The molecule has 0 amide bonds. The minimum Gasteiger partial charge on any atom is -0.481 e. The highest BCUT2D eigenvalue weighted by atomic mass is 32.2. The van der Waals surface area contributed by atoms with Crippen LogP contribution in [0.15, 0.2) is 53.6 Å². The fraction of sp³-hybridized carbons (Fsp3) is 0.320. The van der Waals surface area contributed by atoms with E-state index in [9.17, 15) is 35.9 Å². The van der Waals surface area contributed by atoms with Crippen molar-refractivity contribution in [1.29, 1.82) is 0 Å². The van der Waals surface area contributed by atoms with Gasteiger partial charge in [0.05, 0.1) is 16.7 Å². The topological polar surface area (TPSA) is 112 Å². The fourth-order valence-electron chi connectivity index (χ4n) is 4.33. The van der Waals surface area contributed by atoms with Gasteiger partial charge in [0.25, 0.3) is 10.0 Å². The third kappa shape index (κ3) is 5.57. The van der Waals surface area contributed by atoms with Crippen molar-refractivity contribution in [3.8, 4) is 11.3 Å². The Bertz CT molecular complexity index is 1500. The molecule has 1 aliphatic heterocycles. The van der Waals surface area contributed by atoms with E-state index in [0.717, 1.165) is 18.2 Å². The molecule has 1 saturated heterocycles. The van der Waals surface area contributed by atoms with Crippen LogP contribution in [0.3, 0.4) is 0 Å². The highest BCUT2D eigenvalue weighted by molar-refractivity contribution is 7.92. The predicted octanol–water partition coefficient (Wildman–Crippen LogP) is 5.10. The van der Waals surface area contributed by atoms with Gasteiger partial charge in [0.2, 0.25) is 0 Å². The van der Waals surface area contributed by atoms with Gasteiger partial charge in [-0.2, -0.15) is 21.6 Å². The second-order valence-corrected chi connectivity index (χ2v) is 11.0. The van der Waals surface area contributed by atoms with Crippen molar-refractivity contribution >= 4 is 27.6 Å². The van der Waals surface area contributed by atoms with Gasteiger partial charge in [-0.3, -0.25) is 9.52 Å². The van der Waals surface area contributed by atoms with Crippen molar-refractivity contribution in [3.05, 3.63) is 65.5 Å². The van der Waals surface area contributed by atoms with Gasteiger partial charge in [0.15, 0.2) is 5.03 Å². The number of anilines is 2. The van der Waals surface area contributed by atoms with E-state index in [2.05, 4.69) is 14.7 Å². The summed E-state index contributed by atoms with van der Waals surface area (Å²) in [5.74, 6) is -1.91. The van der Waals surface area contributed by atoms with E-state index >= 15 is 0 Å². The van der Waals surface area contributed by atoms with Gasteiger partial charge in [-0.25, -0.2) is 14.4 Å². The van der Waals surface area contributed by atoms with Crippen LogP contribution in [0.25, 0.3) is 11.3 Å². The molecule has 3 aromatic rings. The highest BCUT2D eigenvalue weighted by Gasteiger charge is 2.39. The Hall–Kier alpha value is -3.74. The standard InChI is InChI=1S/C25H24F4N4O4S/c1-15-7-8-16(26)13-17(15)22-18(25(27,28)29)9-10-19(30-22)32-38(36,37)21-6-3-5-20(31-21)33-12-4-11-24(2,14-33)23(34)35/h3,5-10,13H,4,11-12,14H2,1-2H3,(H,30,32)(H,34,35)/t24-/m0/s1. The van der Waals surface area contributed by atoms with Crippen LogP contribution in [0.5, 0.6) is 0 Å². The quantitative estimate of drug-likeness (QED) is 0.409. The third-order valence-electron chi connectivity index (χ3n) is 6.42. The largest absolute Gasteiger partial charge is 0.481 e. The smallest absolute Gasteiger partial charge is 0.418 e. The zero-order valence-electron chi connectivity index (χ0n) is 20.4. The second-order valence-electron chi connectivity index (χ2n) is 9.38. The first-order valence-corrected chi connectivity index (χ1v) is 13.0. The van der Waals surface area contributed by atoms with E-state index in [0.29, 0.717) is 31.0 Å². The van der Waals surface area contributed by atoms with Crippen LogP contribution in [0, 0.1) is 18.2 Å². The fourth-order valence-corrected chi connectivity index (χ4v) is 5.29. The third-order valence-corrected chi connectivity index (χ3v) is 7.67. The van der Waals surface area contributed by atoms with E-state index in [1.54, 1.807) is 17.9 Å². The van der Waals surface area contributed by atoms with Crippen molar-refractivity contribution in [2.75, 3.05) is 22.7 Å². The normalized spacial score (nSPS) is 18.3. The lowest BCUT2D eigenvalue weighted by Crippen LogP contribution is -2.46. The first-order valence-electron chi connectivity index (χ1n) is 11.5. The zero-order chi connectivity index (χ0) is 27.9. The molecular formula is C25H24F4N4O4S. The number of carbonyl (C=O) groups is 1. The molecule has 0 spiro atoms. The minimum atomic E-state index is -4.83. The molecule has 8 nitrogen and oxygen atoms in total. The molecule has 13 heteroatoms. The number of sulfonamides is 1. The van der Waals surface area contributed by atoms with Crippen molar-refractivity contribution in [1.82, 2.24) is 9.97 Å². The molecule has 2 N–H and O–H groups in total. The monoisotopic (exact) mass is 552 g/mol. The maximum Gasteiger partial charge on any atom is 0.418 e. The van der Waals surface area contributed by atoms with Gasteiger partial charge in [-0.1, -0.05) is 12.1 Å². The molecule has 0 aliphatic carbocycles. The number of hydrogen-bond acceptors (Lipinski definition) is 6. The Morgan fingerprint density at radius 1 is 1.13 bits per heavy atom. The number of aliphatic carboxylic acids is 1. The van der Waals surface area contributed by atoms with Crippen molar-refractivity contribution < 1.29 is 35.9 Å². The predicted molar refractivity (Wildman–Crippen MR) is 132 cm³/mol. The number of alkyl halides is 3. The molecular weight excluding hydrogens is 528 g/mol. The van der Waals surface area contributed by atoms with Crippen LogP contribution in [-0.4, -0.2) is 42.6 Å².